The Hall–Kier alpha value is -1.30. The lowest BCUT2D eigenvalue weighted by atomic mass is 9.88. The first-order valence-corrected chi connectivity index (χ1v) is 5.30. The lowest BCUT2D eigenvalue weighted by Gasteiger charge is -2.17. The average molecular weight is 184 g/mol. The van der Waals surface area contributed by atoms with Crippen molar-refractivity contribution in [3.8, 4) is 0 Å². The zero-order valence-electron chi connectivity index (χ0n) is 8.72. The Balaban J connectivity index is 2.48. The van der Waals surface area contributed by atoms with Crippen molar-refractivity contribution in [3.63, 3.8) is 0 Å². The molecule has 0 bridgehead atoms. The first kappa shape index (κ1) is 9.26. The summed E-state index contributed by atoms with van der Waals surface area (Å²) in [5.41, 5.74) is 5.68. The second-order valence-corrected chi connectivity index (χ2v) is 3.74. The minimum atomic E-state index is 1.14. The van der Waals surface area contributed by atoms with Crippen molar-refractivity contribution in [1.82, 2.24) is 0 Å². The van der Waals surface area contributed by atoms with Crippen molar-refractivity contribution >= 4 is 11.6 Å². The van der Waals surface area contributed by atoms with Crippen molar-refractivity contribution in [2.75, 3.05) is 0 Å². The molecule has 72 valence electrons. The Labute approximate surface area is 86.0 Å². The van der Waals surface area contributed by atoms with Crippen LogP contribution >= 0.6 is 0 Å². The summed E-state index contributed by atoms with van der Waals surface area (Å²) < 4.78 is 0. The van der Waals surface area contributed by atoms with Crippen molar-refractivity contribution in [3.05, 3.63) is 47.5 Å². The van der Waals surface area contributed by atoms with Crippen LogP contribution in [-0.4, -0.2) is 0 Å². The van der Waals surface area contributed by atoms with Crippen molar-refractivity contribution < 1.29 is 0 Å². The summed E-state index contributed by atoms with van der Waals surface area (Å²) in [6, 6.07) is 6.66. The third-order valence-electron chi connectivity index (χ3n) is 2.90. The van der Waals surface area contributed by atoms with E-state index in [0.717, 1.165) is 6.42 Å². The summed E-state index contributed by atoms with van der Waals surface area (Å²) in [6.45, 7) is 6.03. The maximum Gasteiger partial charge on any atom is -0.0195 e. The zero-order chi connectivity index (χ0) is 9.97. The molecule has 0 unspecified atom stereocenters. The number of hydrogen-bond acceptors (Lipinski definition) is 0. The van der Waals surface area contributed by atoms with Crippen LogP contribution in [0.2, 0.25) is 0 Å². The standard InChI is InChI=1S/C14H16/c1-3-11-8-9-14-12(4-2)6-5-7-13(14)10-11/h3,6,8-10H,1,4-5,7H2,2H3. The highest BCUT2D eigenvalue weighted by Crippen LogP contribution is 2.29. The Bertz CT molecular complexity index is 383. The van der Waals surface area contributed by atoms with Crippen LogP contribution in [0.3, 0.4) is 0 Å². The molecule has 0 aliphatic heterocycles. The highest BCUT2D eigenvalue weighted by molar-refractivity contribution is 5.71. The summed E-state index contributed by atoms with van der Waals surface area (Å²) in [7, 11) is 0. The summed E-state index contributed by atoms with van der Waals surface area (Å²) in [4.78, 5) is 0. The number of aryl methyl sites for hydroxylation is 1. The van der Waals surface area contributed by atoms with Gasteiger partial charge in [0.2, 0.25) is 0 Å². The molecule has 0 radical (unpaired) electrons. The van der Waals surface area contributed by atoms with Gasteiger partial charge in [-0.15, -0.1) is 0 Å². The van der Waals surface area contributed by atoms with E-state index in [1.54, 1.807) is 0 Å². The van der Waals surface area contributed by atoms with Crippen molar-refractivity contribution in [2.24, 2.45) is 0 Å². The fraction of sp³-hybridized carbons (Fsp3) is 0.286. The highest BCUT2D eigenvalue weighted by atomic mass is 14.1. The third-order valence-corrected chi connectivity index (χ3v) is 2.90. The molecule has 1 aromatic rings. The number of rotatable bonds is 2. The molecule has 0 atom stereocenters. The van der Waals surface area contributed by atoms with Gasteiger partial charge in [-0.3, -0.25) is 0 Å². The molecule has 0 nitrogen and oxygen atoms in total. The minimum absolute atomic E-state index is 1.14. The molecule has 0 saturated carbocycles. The van der Waals surface area contributed by atoms with Crippen molar-refractivity contribution in [2.45, 2.75) is 26.2 Å². The van der Waals surface area contributed by atoms with Gasteiger partial charge in [0.25, 0.3) is 0 Å². The minimum Gasteiger partial charge on any atom is -0.0985 e. The topological polar surface area (TPSA) is 0 Å². The Morgan fingerprint density at radius 1 is 1.43 bits per heavy atom. The average Bonchev–Trinajstić information content (AvgIpc) is 2.27. The van der Waals surface area contributed by atoms with Crippen molar-refractivity contribution in [1.29, 1.82) is 0 Å². The number of hydrogen-bond donors (Lipinski definition) is 0. The van der Waals surface area contributed by atoms with E-state index in [9.17, 15) is 0 Å². The van der Waals surface area contributed by atoms with E-state index in [1.807, 2.05) is 6.08 Å². The first-order chi connectivity index (χ1) is 6.85. The van der Waals surface area contributed by atoms with Crippen LogP contribution < -0.4 is 0 Å². The fourth-order valence-corrected chi connectivity index (χ4v) is 2.11. The molecular formula is C14H16. The van der Waals surface area contributed by atoms with Gasteiger partial charge in [0, 0.05) is 0 Å². The predicted molar refractivity (Wildman–Crippen MR) is 63.1 cm³/mol. The molecule has 0 fully saturated rings. The fourth-order valence-electron chi connectivity index (χ4n) is 2.11. The van der Waals surface area contributed by atoms with E-state index in [1.165, 1.54) is 35.1 Å². The Morgan fingerprint density at radius 3 is 3.00 bits per heavy atom. The summed E-state index contributed by atoms with van der Waals surface area (Å²) in [5, 5.41) is 0. The summed E-state index contributed by atoms with van der Waals surface area (Å²) in [5.74, 6) is 0. The molecule has 2 rings (SSSR count). The van der Waals surface area contributed by atoms with Crippen LogP contribution in [0, 0.1) is 0 Å². The van der Waals surface area contributed by atoms with Gasteiger partial charge in [-0.05, 0) is 41.5 Å². The second-order valence-electron chi connectivity index (χ2n) is 3.74. The lowest BCUT2D eigenvalue weighted by molar-refractivity contribution is 0.962. The van der Waals surface area contributed by atoms with Crippen LogP contribution in [0.4, 0.5) is 0 Å². The summed E-state index contributed by atoms with van der Waals surface area (Å²) in [6.07, 6.45) is 7.80. The number of allylic oxidation sites excluding steroid dienone is 2. The molecular weight excluding hydrogens is 168 g/mol. The molecule has 1 aliphatic carbocycles. The molecule has 0 amide bonds. The predicted octanol–water partition coefficient (Wildman–Crippen LogP) is 4.07. The molecule has 0 heterocycles. The van der Waals surface area contributed by atoms with Crippen LogP contribution in [0.1, 0.15) is 36.5 Å². The van der Waals surface area contributed by atoms with Gasteiger partial charge >= 0.3 is 0 Å². The van der Waals surface area contributed by atoms with Gasteiger partial charge in [-0.2, -0.15) is 0 Å². The monoisotopic (exact) mass is 184 g/mol. The second kappa shape index (κ2) is 3.83. The molecule has 0 saturated heterocycles. The largest absolute Gasteiger partial charge is 0.0985 e. The molecule has 1 aliphatic rings. The SMILES string of the molecule is C=Cc1ccc2c(c1)CCC=C2CC. The quantitative estimate of drug-likeness (QED) is 0.650. The van der Waals surface area contributed by atoms with E-state index in [2.05, 4.69) is 37.8 Å². The molecule has 0 N–H and O–H groups in total. The van der Waals surface area contributed by atoms with E-state index in [4.69, 9.17) is 0 Å². The molecule has 1 aromatic carbocycles. The van der Waals surface area contributed by atoms with E-state index < -0.39 is 0 Å². The lowest BCUT2D eigenvalue weighted by Crippen LogP contribution is -1.99. The maximum absolute atomic E-state index is 3.80. The highest BCUT2D eigenvalue weighted by Gasteiger charge is 2.10. The van der Waals surface area contributed by atoms with Crippen LogP contribution in [-0.2, 0) is 6.42 Å². The first-order valence-electron chi connectivity index (χ1n) is 5.30. The normalized spacial score (nSPS) is 14.5. The maximum atomic E-state index is 3.80. The van der Waals surface area contributed by atoms with E-state index in [0.29, 0.717) is 0 Å². The number of benzene rings is 1. The summed E-state index contributed by atoms with van der Waals surface area (Å²) >= 11 is 0. The molecule has 0 heteroatoms. The van der Waals surface area contributed by atoms with Crippen LogP contribution in [0.5, 0.6) is 0 Å². The van der Waals surface area contributed by atoms with Gasteiger partial charge in [0.1, 0.15) is 0 Å². The van der Waals surface area contributed by atoms with E-state index >= 15 is 0 Å². The van der Waals surface area contributed by atoms with Gasteiger partial charge in [0.15, 0.2) is 0 Å². The molecule has 14 heavy (non-hydrogen) atoms. The van der Waals surface area contributed by atoms with Gasteiger partial charge < -0.3 is 0 Å². The zero-order valence-corrected chi connectivity index (χ0v) is 8.72. The van der Waals surface area contributed by atoms with Crippen LogP contribution in [0.25, 0.3) is 11.6 Å². The van der Waals surface area contributed by atoms with Gasteiger partial charge in [-0.1, -0.05) is 43.9 Å². The third kappa shape index (κ3) is 1.52. The molecule has 0 spiro atoms. The smallest absolute Gasteiger partial charge is 0.0195 e. The van der Waals surface area contributed by atoms with Gasteiger partial charge in [0.05, 0.1) is 0 Å². The molecule has 0 aromatic heterocycles. The van der Waals surface area contributed by atoms with E-state index in [-0.39, 0.29) is 0 Å². The number of fused-ring (bicyclic) bond motifs is 1. The Morgan fingerprint density at radius 2 is 2.29 bits per heavy atom. The Kier molecular flexibility index (Phi) is 2.53. The van der Waals surface area contributed by atoms with Crippen LogP contribution in [0.15, 0.2) is 30.9 Å². The van der Waals surface area contributed by atoms with Gasteiger partial charge in [-0.25, -0.2) is 0 Å².